The number of anilines is 1. The van der Waals surface area contributed by atoms with E-state index in [2.05, 4.69) is 5.32 Å². The molecule has 1 aliphatic heterocycles. The number of nitrogens with one attached hydrogen (secondary N) is 1. The van der Waals surface area contributed by atoms with Crippen LogP contribution in [0.15, 0.2) is 34.7 Å². The number of hydrogen-bond acceptors (Lipinski definition) is 4. The normalized spacial score (nSPS) is 16.4. The first-order valence-electron chi connectivity index (χ1n) is 9.33. The molecule has 1 aromatic heterocycles. The molecule has 6 nitrogen and oxygen atoms in total. The third kappa shape index (κ3) is 4.96. The van der Waals surface area contributed by atoms with Gasteiger partial charge in [0.15, 0.2) is 5.76 Å². The first kappa shape index (κ1) is 22.2. The summed E-state index contributed by atoms with van der Waals surface area (Å²) in [7, 11) is 0. The van der Waals surface area contributed by atoms with E-state index in [1.54, 1.807) is 30.9 Å². The lowest BCUT2D eigenvalue weighted by atomic mass is 10.1. The Bertz CT molecular complexity index is 937. The third-order valence-electron chi connectivity index (χ3n) is 5.02. The number of carbonyl (C=O) groups excluding carboxylic acids is 2. The van der Waals surface area contributed by atoms with Crippen LogP contribution in [0.4, 0.5) is 18.9 Å². The molecule has 0 radical (unpaired) electrons. The summed E-state index contributed by atoms with van der Waals surface area (Å²) in [4.78, 5) is 28.4. The average molecular weight is 444 g/mol. The third-order valence-corrected chi connectivity index (χ3v) is 5.26. The Kier molecular flexibility index (Phi) is 6.42. The van der Waals surface area contributed by atoms with Gasteiger partial charge in [0.05, 0.1) is 17.3 Å². The minimum Gasteiger partial charge on any atom is -0.456 e. The van der Waals surface area contributed by atoms with Gasteiger partial charge in [-0.15, -0.1) is 0 Å². The summed E-state index contributed by atoms with van der Waals surface area (Å²) in [5.41, 5.74) is -1.34. The summed E-state index contributed by atoms with van der Waals surface area (Å²) in [6.07, 6.45) is -4.65. The van der Waals surface area contributed by atoms with Crippen molar-refractivity contribution in [3.8, 4) is 0 Å². The minimum atomic E-state index is -4.65. The van der Waals surface area contributed by atoms with Gasteiger partial charge < -0.3 is 14.6 Å². The molecule has 1 fully saturated rings. The number of amides is 2. The van der Waals surface area contributed by atoms with Crippen molar-refractivity contribution >= 4 is 29.1 Å². The smallest absolute Gasteiger partial charge is 0.418 e. The van der Waals surface area contributed by atoms with E-state index in [0.717, 1.165) is 12.1 Å². The molecule has 1 aromatic carbocycles. The molecule has 2 heterocycles. The van der Waals surface area contributed by atoms with Gasteiger partial charge in [-0.2, -0.15) is 13.2 Å². The second-order valence-electron chi connectivity index (χ2n) is 7.09. The van der Waals surface area contributed by atoms with Gasteiger partial charge in [0.1, 0.15) is 5.76 Å². The van der Waals surface area contributed by atoms with Crippen molar-refractivity contribution in [2.45, 2.75) is 26.1 Å². The Morgan fingerprint density at radius 2 is 1.80 bits per heavy atom. The number of alkyl halides is 3. The fraction of sp³-hybridized carbons (Fsp3) is 0.400. The second-order valence-corrected chi connectivity index (χ2v) is 7.53. The Morgan fingerprint density at radius 1 is 1.13 bits per heavy atom. The number of rotatable bonds is 4. The predicted octanol–water partition coefficient (Wildman–Crippen LogP) is 4.05. The number of halogens is 4. The number of carbonyl (C=O) groups is 2. The molecule has 1 saturated heterocycles. The molecule has 3 rings (SSSR count). The number of piperazine rings is 1. The van der Waals surface area contributed by atoms with Gasteiger partial charge in [0.25, 0.3) is 5.91 Å². The number of benzene rings is 1. The molecule has 0 saturated carbocycles. The maximum atomic E-state index is 13.2. The van der Waals surface area contributed by atoms with E-state index in [-0.39, 0.29) is 22.4 Å². The lowest BCUT2D eigenvalue weighted by molar-refractivity contribution is -0.137. The maximum absolute atomic E-state index is 13.2. The van der Waals surface area contributed by atoms with Crippen LogP contribution in [-0.4, -0.2) is 53.8 Å². The first-order chi connectivity index (χ1) is 14.1. The Balaban J connectivity index is 1.61. The van der Waals surface area contributed by atoms with Gasteiger partial charge in [-0.3, -0.25) is 14.5 Å². The summed E-state index contributed by atoms with van der Waals surface area (Å²) in [6.45, 7) is 4.95. The first-order valence-corrected chi connectivity index (χ1v) is 9.71. The van der Waals surface area contributed by atoms with Crippen LogP contribution in [0, 0.1) is 6.92 Å². The van der Waals surface area contributed by atoms with E-state index in [0.29, 0.717) is 31.9 Å². The molecule has 10 heteroatoms. The number of nitrogens with zero attached hydrogens (tertiary/aromatic N) is 2. The lowest BCUT2D eigenvalue weighted by Crippen LogP contribution is -2.54. The van der Waals surface area contributed by atoms with Crippen LogP contribution in [0.2, 0.25) is 5.02 Å². The Hall–Kier alpha value is -2.52. The highest BCUT2D eigenvalue weighted by Gasteiger charge is 2.35. The van der Waals surface area contributed by atoms with E-state index >= 15 is 0 Å². The average Bonchev–Trinajstić information content (AvgIpc) is 3.13. The fourth-order valence-electron chi connectivity index (χ4n) is 3.28. The lowest BCUT2D eigenvalue weighted by Gasteiger charge is -2.37. The molecule has 1 unspecified atom stereocenters. The van der Waals surface area contributed by atoms with Crippen LogP contribution in [0.25, 0.3) is 0 Å². The van der Waals surface area contributed by atoms with E-state index in [1.165, 1.54) is 6.07 Å². The molecule has 162 valence electrons. The highest BCUT2D eigenvalue weighted by Crippen LogP contribution is 2.36. The standard InChI is InChI=1S/C20H21ClF3N3O3/c1-12-3-6-17(30-12)19(29)27-9-7-26(8-10-27)13(2)18(28)25-16-5-4-14(21)11-15(16)20(22,23)24/h3-6,11,13H,7-10H2,1-2H3,(H,25,28). The topological polar surface area (TPSA) is 65.8 Å². The highest BCUT2D eigenvalue weighted by molar-refractivity contribution is 6.30. The number of furan rings is 1. The molecule has 1 N–H and O–H groups in total. The van der Waals surface area contributed by atoms with Gasteiger partial charge in [-0.1, -0.05) is 11.6 Å². The largest absolute Gasteiger partial charge is 0.456 e. The van der Waals surface area contributed by atoms with E-state index < -0.39 is 23.7 Å². The summed E-state index contributed by atoms with van der Waals surface area (Å²) in [5, 5.41) is 2.28. The van der Waals surface area contributed by atoms with E-state index in [9.17, 15) is 22.8 Å². The highest BCUT2D eigenvalue weighted by atomic mass is 35.5. The zero-order valence-electron chi connectivity index (χ0n) is 16.4. The van der Waals surface area contributed by atoms with Gasteiger partial charge in [-0.05, 0) is 44.2 Å². The van der Waals surface area contributed by atoms with Crippen LogP contribution in [0.5, 0.6) is 0 Å². The van der Waals surface area contributed by atoms with Crippen LogP contribution in [-0.2, 0) is 11.0 Å². The van der Waals surface area contributed by atoms with Crippen LogP contribution in [0.1, 0.15) is 28.8 Å². The van der Waals surface area contributed by atoms with Crippen LogP contribution < -0.4 is 5.32 Å². The van der Waals surface area contributed by atoms with Crippen LogP contribution >= 0.6 is 11.6 Å². The van der Waals surface area contributed by atoms with Crippen molar-refractivity contribution in [1.82, 2.24) is 9.80 Å². The van der Waals surface area contributed by atoms with Crippen molar-refractivity contribution in [2.75, 3.05) is 31.5 Å². The van der Waals surface area contributed by atoms with Gasteiger partial charge in [0.2, 0.25) is 5.91 Å². The summed E-state index contributed by atoms with van der Waals surface area (Å²) >= 11 is 5.67. The van der Waals surface area contributed by atoms with E-state index in [4.69, 9.17) is 16.0 Å². The number of aryl methyl sites for hydroxylation is 1. The second kappa shape index (κ2) is 8.69. The van der Waals surface area contributed by atoms with E-state index in [1.807, 2.05) is 4.90 Å². The van der Waals surface area contributed by atoms with Crippen molar-refractivity contribution < 1.29 is 27.2 Å². The fourth-order valence-corrected chi connectivity index (χ4v) is 3.45. The molecule has 2 amide bonds. The summed E-state index contributed by atoms with van der Waals surface area (Å²) < 4.78 is 45.0. The molecule has 1 atom stereocenters. The zero-order chi connectivity index (χ0) is 22.1. The molecular weight excluding hydrogens is 423 g/mol. The van der Waals surface area contributed by atoms with Crippen LogP contribution in [0.3, 0.4) is 0 Å². The monoisotopic (exact) mass is 443 g/mol. The predicted molar refractivity (Wildman–Crippen MR) is 105 cm³/mol. The summed E-state index contributed by atoms with van der Waals surface area (Å²) in [5.74, 6) is 0.108. The molecule has 0 bridgehead atoms. The van der Waals surface area contributed by atoms with Crippen molar-refractivity contribution in [3.63, 3.8) is 0 Å². The maximum Gasteiger partial charge on any atom is 0.418 e. The SMILES string of the molecule is Cc1ccc(C(=O)N2CCN(C(C)C(=O)Nc3ccc(Cl)cc3C(F)(F)F)CC2)o1. The zero-order valence-corrected chi connectivity index (χ0v) is 17.2. The molecule has 2 aromatic rings. The number of hydrogen-bond donors (Lipinski definition) is 1. The van der Waals surface area contributed by atoms with Crippen molar-refractivity contribution in [1.29, 1.82) is 0 Å². The minimum absolute atomic E-state index is 0.0686. The molecule has 0 aliphatic carbocycles. The molecular formula is C20H21ClF3N3O3. The quantitative estimate of drug-likeness (QED) is 0.774. The summed E-state index contributed by atoms with van der Waals surface area (Å²) in [6, 6.07) is 5.86. The molecule has 30 heavy (non-hydrogen) atoms. The Morgan fingerprint density at radius 3 is 2.37 bits per heavy atom. The van der Waals surface area contributed by atoms with Gasteiger partial charge in [-0.25, -0.2) is 0 Å². The van der Waals surface area contributed by atoms with Gasteiger partial charge in [0, 0.05) is 31.2 Å². The Labute approximate surface area is 176 Å². The van der Waals surface area contributed by atoms with Crippen molar-refractivity contribution in [3.05, 3.63) is 52.4 Å². The molecule has 0 spiro atoms. The van der Waals surface area contributed by atoms with Gasteiger partial charge >= 0.3 is 6.18 Å². The van der Waals surface area contributed by atoms with Crippen molar-refractivity contribution in [2.24, 2.45) is 0 Å². The molecule has 1 aliphatic rings.